The number of hydrogen-bond acceptors (Lipinski definition) is 3. The van der Waals surface area contributed by atoms with E-state index in [9.17, 15) is 9.59 Å². The van der Waals surface area contributed by atoms with Crippen LogP contribution in [0.15, 0.2) is 30.3 Å². The summed E-state index contributed by atoms with van der Waals surface area (Å²) in [6.45, 7) is 1.98. The van der Waals surface area contributed by atoms with E-state index in [1.54, 1.807) is 0 Å². The van der Waals surface area contributed by atoms with Gasteiger partial charge >= 0.3 is 5.97 Å². The topological polar surface area (TPSA) is 60.9 Å². The minimum atomic E-state index is -0.813. The van der Waals surface area contributed by atoms with Crippen molar-refractivity contribution in [1.29, 1.82) is 0 Å². The van der Waals surface area contributed by atoms with Gasteiger partial charge in [-0.15, -0.1) is 0 Å². The monoisotopic (exact) mass is 318 g/mol. The Kier molecular flexibility index (Phi) is 6.59. The fourth-order valence-electron chi connectivity index (χ4n) is 3.09. The first-order valence-corrected chi connectivity index (χ1v) is 8.32. The fraction of sp³-hybridized carbons (Fsp3) is 0.556. The average molecular weight is 318 g/mol. The molecular formula is C18H26N2O3. The highest BCUT2D eigenvalue weighted by Crippen LogP contribution is 2.19. The molecule has 1 aromatic rings. The molecule has 1 amide bonds. The van der Waals surface area contributed by atoms with Crippen LogP contribution in [0.2, 0.25) is 0 Å². The number of carboxylic acid groups (broad SMARTS) is 1. The van der Waals surface area contributed by atoms with Gasteiger partial charge in [-0.3, -0.25) is 14.5 Å². The number of amides is 1. The predicted molar refractivity (Wildman–Crippen MR) is 89.0 cm³/mol. The van der Waals surface area contributed by atoms with Gasteiger partial charge in [0.05, 0.1) is 6.04 Å². The molecule has 126 valence electrons. The van der Waals surface area contributed by atoms with Crippen molar-refractivity contribution < 1.29 is 14.7 Å². The van der Waals surface area contributed by atoms with Crippen molar-refractivity contribution in [1.82, 2.24) is 9.80 Å². The Morgan fingerprint density at radius 3 is 2.65 bits per heavy atom. The van der Waals surface area contributed by atoms with Crippen LogP contribution in [-0.2, 0) is 16.1 Å². The van der Waals surface area contributed by atoms with Gasteiger partial charge in [0.2, 0.25) is 5.91 Å². The number of likely N-dealkylation sites (N-methyl/N-ethyl adjacent to an activating group) is 1. The lowest BCUT2D eigenvalue weighted by Crippen LogP contribution is -2.49. The smallest absolute Gasteiger partial charge is 0.303 e. The van der Waals surface area contributed by atoms with Gasteiger partial charge in [0.1, 0.15) is 0 Å². The highest BCUT2D eigenvalue weighted by molar-refractivity contribution is 5.82. The van der Waals surface area contributed by atoms with Crippen molar-refractivity contribution in [3.63, 3.8) is 0 Å². The molecule has 5 nitrogen and oxygen atoms in total. The van der Waals surface area contributed by atoms with Gasteiger partial charge in [-0.1, -0.05) is 36.8 Å². The van der Waals surface area contributed by atoms with Crippen LogP contribution in [0.4, 0.5) is 0 Å². The Labute approximate surface area is 137 Å². The molecule has 1 aliphatic heterocycles. The van der Waals surface area contributed by atoms with Crippen molar-refractivity contribution in [2.24, 2.45) is 0 Å². The maximum atomic E-state index is 12.9. The van der Waals surface area contributed by atoms with Gasteiger partial charge in [0.25, 0.3) is 0 Å². The van der Waals surface area contributed by atoms with Crippen LogP contribution in [0.5, 0.6) is 0 Å². The summed E-state index contributed by atoms with van der Waals surface area (Å²) in [6.07, 6.45) is 3.69. The van der Waals surface area contributed by atoms with Crippen LogP contribution >= 0.6 is 0 Å². The van der Waals surface area contributed by atoms with E-state index in [-0.39, 0.29) is 18.4 Å². The summed E-state index contributed by atoms with van der Waals surface area (Å²) in [5.74, 6) is -0.687. The van der Waals surface area contributed by atoms with Crippen LogP contribution in [-0.4, -0.2) is 53.0 Å². The highest BCUT2D eigenvalue weighted by atomic mass is 16.4. The van der Waals surface area contributed by atoms with E-state index in [0.29, 0.717) is 19.5 Å². The fourth-order valence-corrected chi connectivity index (χ4v) is 3.09. The van der Waals surface area contributed by atoms with Crippen LogP contribution < -0.4 is 0 Å². The van der Waals surface area contributed by atoms with Gasteiger partial charge < -0.3 is 10.0 Å². The molecule has 5 heteroatoms. The van der Waals surface area contributed by atoms with E-state index in [0.717, 1.165) is 31.4 Å². The third-order valence-electron chi connectivity index (χ3n) is 4.40. The number of likely N-dealkylation sites (tertiary alicyclic amines) is 1. The zero-order chi connectivity index (χ0) is 16.7. The van der Waals surface area contributed by atoms with E-state index in [1.807, 2.05) is 42.3 Å². The number of nitrogens with zero attached hydrogens (tertiary/aromatic N) is 2. The molecule has 0 aliphatic carbocycles. The first kappa shape index (κ1) is 17.5. The van der Waals surface area contributed by atoms with E-state index in [4.69, 9.17) is 5.11 Å². The molecule has 0 saturated carbocycles. The summed E-state index contributed by atoms with van der Waals surface area (Å²) in [7, 11) is 2.00. The molecule has 0 spiro atoms. The van der Waals surface area contributed by atoms with Crippen LogP contribution in [0, 0.1) is 0 Å². The van der Waals surface area contributed by atoms with Gasteiger partial charge in [0, 0.05) is 19.5 Å². The second kappa shape index (κ2) is 8.67. The lowest BCUT2D eigenvalue weighted by Gasteiger charge is -2.35. The number of aliphatic carboxylic acids is 1. The number of rotatable bonds is 7. The van der Waals surface area contributed by atoms with Gasteiger partial charge in [-0.25, -0.2) is 0 Å². The molecule has 0 radical (unpaired) electrons. The van der Waals surface area contributed by atoms with Gasteiger partial charge in [-0.2, -0.15) is 0 Å². The summed E-state index contributed by atoms with van der Waals surface area (Å²) in [5.41, 5.74) is 1.08. The molecule has 0 aromatic heterocycles. The maximum absolute atomic E-state index is 12.9. The minimum absolute atomic E-state index is 0.0720. The number of hydrogen-bond donors (Lipinski definition) is 1. The minimum Gasteiger partial charge on any atom is -0.481 e. The summed E-state index contributed by atoms with van der Waals surface area (Å²) in [6, 6.07) is 9.81. The van der Waals surface area contributed by atoms with Crippen LogP contribution in [0.3, 0.4) is 0 Å². The van der Waals surface area contributed by atoms with Gasteiger partial charge in [-0.05, 0) is 38.4 Å². The molecule has 23 heavy (non-hydrogen) atoms. The molecule has 1 atom stereocenters. The number of carboxylic acids is 1. The Morgan fingerprint density at radius 1 is 1.26 bits per heavy atom. The Balaban J connectivity index is 2.04. The van der Waals surface area contributed by atoms with Crippen LogP contribution in [0.1, 0.15) is 37.7 Å². The Morgan fingerprint density at radius 2 is 2.00 bits per heavy atom. The second-order valence-electron chi connectivity index (χ2n) is 6.23. The van der Waals surface area contributed by atoms with E-state index < -0.39 is 5.97 Å². The van der Waals surface area contributed by atoms with E-state index in [2.05, 4.69) is 4.90 Å². The SMILES string of the molecule is CN1CCCC[C@H]1C(=O)N(CCCC(=O)O)Cc1ccccc1. The quantitative estimate of drug-likeness (QED) is 0.838. The lowest BCUT2D eigenvalue weighted by atomic mass is 10.0. The third kappa shape index (κ3) is 5.36. The number of carbonyl (C=O) groups excluding carboxylic acids is 1. The lowest BCUT2D eigenvalue weighted by molar-refractivity contribution is -0.140. The van der Waals surface area contributed by atoms with E-state index in [1.165, 1.54) is 0 Å². The van der Waals surface area contributed by atoms with Crippen LogP contribution in [0.25, 0.3) is 0 Å². The number of benzene rings is 1. The molecule has 0 bridgehead atoms. The van der Waals surface area contributed by atoms with Gasteiger partial charge in [0.15, 0.2) is 0 Å². The molecule has 1 heterocycles. The summed E-state index contributed by atoms with van der Waals surface area (Å²) in [4.78, 5) is 27.6. The maximum Gasteiger partial charge on any atom is 0.303 e. The number of piperidine rings is 1. The summed E-state index contributed by atoms with van der Waals surface area (Å²) >= 11 is 0. The Bertz CT molecular complexity index is 518. The summed E-state index contributed by atoms with van der Waals surface area (Å²) < 4.78 is 0. The predicted octanol–water partition coefficient (Wildman–Crippen LogP) is 2.36. The normalized spacial score (nSPS) is 18.6. The largest absolute Gasteiger partial charge is 0.481 e. The molecule has 0 unspecified atom stereocenters. The van der Waals surface area contributed by atoms with Crippen molar-refractivity contribution in [2.75, 3.05) is 20.1 Å². The van der Waals surface area contributed by atoms with Crippen molar-refractivity contribution in [3.05, 3.63) is 35.9 Å². The van der Waals surface area contributed by atoms with Crippen molar-refractivity contribution in [2.45, 2.75) is 44.7 Å². The summed E-state index contributed by atoms with van der Waals surface area (Å²) in [5, 5.41) is 8.83. The highest BCUT2D eigenvalue weighted by Gasteiger charge is 2.29. The zero-order valence-electron chi connectivity index (χ0n) is 13.8. The van der Waals surface area contributed by atoms with E-state index >= 15 is 0 Å². The zero-order valence-corrected chi connectivity index (χ0v) is 13.8. The molecule has 1 aliphatic rings. The van der Waals surface area contributed by atoms with Crippen molar-refractivity contribution in [3.8, 4) is 0 Å². The second-order valence-corrected chi connectivity index (χ2v) is 6.23. The first-order chi connectivity index (χ1) is 11.1. The Hall–Kier alpha value is -1.88. The average Bonchev–Trinajstić information content (AvgIpc) is 2.54. The molecule has 1 N–H and O–H groups in total. The molecular weight excluding hydrogens is 292 g/mol. The standard InChI is InChI=1S/C18H26N2O3/c1-19-12-6-5-10-16(19)18(23)20(13-7-11-17(21)22)14-15-8-3-2-4-9-15/h2-4,8-9,16H,5-7,10-14H2,1H3,(H,21,22)/t16-/m0/s1. The molecule has 2 rings (SSSR count). The molecule has 1 fully saturated rings. The number of carbonyl (C=O) groups is 2. The molecule has 1 aromatic carbocycles. The molecule has 1 saturated heterocycles. The van der Waals surface area contributed by atoms with Crippen molar-refractivity contribution >= 4 is 11.9 Å². The first-order valence-electron chi connectivity index (χ1n) is 8.32. The third-order valence-corrected chi connectivity index (χ3v) is 4.40.